The number of ether oxygens (including phenoxy) is 1. The summed E-state index contributed by atoms with van der Waals surface area (Å²) in [7, 11) is 0. The van der Waals surface area contributed by atoms with Crippen molar-refractivity contribution in [1.82, 2.24) is 19.7 Å². The highest BCUT2D eigenvalue weighted by Gasteiger charge is 2.24. The SMILES string of the molecule is Cc1cccc([N+](=O)[O-])c1NC(=O)CSc1nnc(-c2c[nH]c3ccccc23)n1CC1CCCO1. The van der Waals surface area contributed by atoms with Crippen molar-refractivity contribution in [3.8, 4) is 11.4 Å². The van der Waals surface area contributed by atoms with Gasteiger partial charge in [0.05, 0.1) is 23.3 Å². The van der Waals surface area contributed by atoms with E-state index in [-0.39, 0.29) is 29.1 Å². The molecular formula is C24H24N6O4S. The highest BCUT2D eigenvalue weighted by Crippen LogP contribution is 2.32. The third-order valence-electron chi connectivity index (χ3n) is 6.00. The number of amides is 1. The van der Waals surface area contributed by atoms with Crippen molar-refractivity contribution < 1.29 is 14.5 Å². The number of carbonyl (C=O) groups is 1. The predicted molar refractivity (Wildman–Crippen MR) is 133 cm³/mol. The van der Waals surface area contributed by atoms with Crippen LogP contribution in [-0.4, -0.2) is 49.0 Å². The third kappa shape index (κ3) is 4.77. The second-order valence-electron chi connectivity index (χ2n) is 8.36. The number of benzene rings is 2. The zero-order chi connectivity index (χ0) is 24.4. The summed E-state index contributed by atoms with van der Waals surface area (Å²) in [5.41, 5.74) is 2.64. The van der Waals surface area contributed by atoms with Gasteiger partial charge in [0.15, 0.2) is 11.0 Å². The molecule has 1 saturated heterocycles. The smallest absolute Gasteiger partial charge is 0.293 e. The maximum atomic E-state index is 12.7. The largest absolute Gasteiger partial charge is 0.376 e. The highest BCUT2D eigenvalue weighted by molar-refractivity contribution is 7.99. The number of hydrogen-bond acceptors (Lipinski definition) is 7. The van der Waals surface area contributed by atoms with Crippen LogP contribution in [0.5, 0.6) is 0 Å². The molecule has 0 saturated carbocycles. The second kappa shape index (κ2) is 9.88. The number of carbonyl (C=O) groups excluding carboxylic acids is 1. The van der Waals surface area contributed by atoms with Gasteiger partial charge in [-0.3, -0.25) is 19.5 Å². The fourth-order valence-corrected chi connectivity index (χ4v) is 5.03. The van der Waals surface area contributed by atoms with Crippen molar-refractivity contribution in [2.24, 2.45) is 0 Å². The molecular weight excluding hydrogens is 468 g/mol. The van der Waals surface area contributed by atoms with Crippen molar-refractivity contribution in [3.05, 3.63) is 64.3 Å². The Balaban J connectivity index is 1.39. The van der Waals surface area contributed by atoms with E-state index in [9.17, 15) is 14.9 Å². The fraction of sp³-hybridized carbons (Fsp3) is 0.292. The molecule has 11 heteroatoms. The van der Waals surface area contributed by atoms with E-state index in [4.69, 9.17) is 4.74 Å². The number of hydrogen-bond donors (Lipinski definition) is 2. The Bertz CT molecular complexity index is 1390. The average Bonchev–Trinajstić information content (AvgIpc) is 3.59. The molecule has 5 rings (SSSR count). The van der Waals surface area contributed by atoms with Gasteiger partial charge in [-0.1, -0.05) is 42.1 Å². The van der Waals surface area contributed by atoms with Gasteiger partial charge in [0.1, 0.15) is 5.69 Å². The van der Waals surface area contributed by atoms with Gasteiger partial charge in [0, 0.05) is 35.3 Å². The molecule has 2 aromatic heterocycles. The molecule has 35 heavy (non-hydrogen) atoms. The lowest BCUT2D eigenvalue weighted by molar-refractivity contribution is -0.384. The summed E-state index contributed by atoms with van der Waals surface area (Å²) in [6, 6.07) is 12.7. The molecule has 1 aliphatic heterocycles. The van der Waals surface area contributed by atoms with E-state index in [0.29, 0.717) is 23.1 Å². The molecule has 2 aromatic carbocycles. The van der Waals surface area contributed by atoms with Gasteiger partial charge in [0.2, 0.25) is 5.91 Å². The first-order valence-electron chi connectivity index (χ1n) is 11.3. The number of thioether (sulfide) groups is 1. The minimum atomic E-state index is -0.499. The Labute approximate surface area is 205 Å². The van der Waals surface area contributed by atoms with Crippen molar-refractivity contribution >= 4 is 39.9 Å². The monoisotopic (exact) mass is 492 g/mol. The summed E-state index contributed by atoms with van der Waals surface area (Å²) in [4.78, 5) is 26.9. The van der Waals surface area contributed by atoms with Crippen LogP contribution in [0.1, 0.15) is 18.4 Å². The number of para-hydroxylation sites is 2. The maximum absolute atomic E-state index is 12.7. The molecule has 1 aliphatic rings. The fourth-order valence-electron chi connectivity index (χ4n) is 4.28. The Morgan fingerprint density at radius 3 is 2.94 bits per heavy atom. The summed E-state index contributed by atoms with van der Waals surface area (Å²) in [6.07, 6.45) is 3.93. The normalized spacial score (nSPS) is 15.5. The Morgan fingerprint density at radius 1 is 1.29 bits per heavy atom. The predicted octanol–water partition coefficient (Wildman–Crippen LogP) is 4.55. The maximum Gasteiger partial charge on any atom is 0.293 e. The van der Waals surface area contributed by atoms with Crippen LogP contribution in [0.25, 0.3) is 22.3 Å². The number of anilines is 1. The molecule has 3 heterocycles. The first kappa shape index (κ1) is 23.1. The van der Waals surface area contributed by atoms with Gasteiger partial charge >= 0.3 is 0 Å². The first-order valence-corrected chi connectivity index (χ1v) is 12.3. The number of rotatable bonds is 8. The standard InChI is InChI=1S/C24H24N6O4S/c1-15-6-4-10-20(30(32)33)22(15)26-21(31)14-35-24-28-27-23(29(24)13-16-7-5-11-34-16)18-12-25-19-9-3-2-8-17(18)19/h2-4,6,8-10,12,16,25H,5,7,11,13-14H2,1H3,(H,26,31). The zero-order valence-electron chi connectivity index (χ0n) is 19.1. The van der Waals surface area contributed by atoms with Crippen LogP contribution < -0.4 is 5.32 Å². The van der Waals surface area contributed by atoms with Crippen LogP contribution in [0, 0.1) is 17.0 Å². The molecule has 0 bridgehead atoms. The molecule has 0 aliphatic carbocycles. The molecule has 1 amide bonds. The van der Waals surface area contributed by atoms with Gasteiger partial charge in [0.25, 0.3) is 5.69 Å². The van der Waals surface area contributed by atoms with Gasteiger partial charge in [-0.2, -0.15) is 0 Å². The lowest BCUT2D eigenvalue weighted by Crippen LogP contribution is -2.18. The van der Waals surface area contributed by atoms with Crippen molar-refractivity contribution in [3.63, 3.8) is 0 Å². The zero-order valence-corrected chi connectivity index (χ0v) is 19.9. The number of H-pyrrole nitrogens is 1. The Kier molecular flexibility index (Phi) is 6.51. The number of fused-ring (bicyclic) bond motifs is 1. The molecule has 2 N–H and O–H groups in total. The number of aryl methyl sites for hydroxylation is 1. The molecule has 1 atom stereocenters. The van der Waals surface area contributed by atoms with Crippen LogP contribution >= 0.6 is 11.8 Å². The minimum absolute atomic E-state index is 0.0308. The van der Waals surface area contributed by atoms with Crippen LogP contribution in [0.15, 0.2) is 53.8 Å². The Hall–Kier alpha value is -3.70. The molecule has 0 radical (unpaired) electrons. The molecule has 10 nitrogen and oxygen atoms in total. The van der Waals surface area contributed by atoms with Crippen molar-refractivity contribution in [1.29, 1.82) is 0 Å². The van der Waals surface area contributed by atoms with E-state index in [1.54, 1.807) is 19.1 Å². The summed E-state index contributed by atoms with van der Waals surface area (Å²) in [5.74, 6) is 0.381. The number of nitro groups is 1. The molecule has 4 aromatic rings. The van der Waals surface area contributed by atoms with Crippen LogP contribution in [0.4, 0.5) is 11.4 Å². The second-order valence-corrected chi connectivity index (χ2v) is 9.31. The van der Waals surface area contributed by atoms with E-state index >= 15 is 0 Å². The minimum Gasteiger partial charge on any atom is -0.376 e. The number of aromatic amines is 1. The molecule has 180 valence electrons. The summed E-state index contributed by atoms with van der Waals surface area (Å²) >= 11 is 1.24. The van der Waals surface area contributed by atoms with Gasteiger partial charge in [-0.15, -0.1) is 10.2 Å². The molecule has 1 fully saturated rings. The summed E-state index contributed by atoms with van der Waals surface area (Å²) in [5, 5.41) is 24.5. The van der Waals surface area contributed by atoms with Gasteiger partial charge in [-0.05, 0) is 31.4 Å². The van der Waals surface area contributed by atoms with Crippen molar-refractivity contribution in [2.75, 3.05) is 17.7 Å². The quantitative estimate of drug-likeness (QED) is 0.210. The molecule has 0 spiro atoms. The first-order chi connectivity index (χ1) is 17.0. The average molecular weight is 493 g/mol. The van der Waals surface area contributed by atoms with Crippen LogP contribution in [0.3, 0.4) is 0 Å². The number of nitro benzene ring substituents is 1. The Morgan fingerprint density at radius 2 is 2.14 bits per heavy atom. The topological polar surface area (TPSA) is 128 Å². The summed E-state index contributed by atoms with van der Waals surface area (Å²) in [6.45, 7) is 3.03. The van der Waals surface area contributed by atoms with E-state index in [2.05, 4.69) is 20.5 Å². The molecule has 1 unspecified atom stereocenters. The number of nitrogens with zero attached hydrogens (tertiary/aromatic N) is 4. The van der Waals surface area contributed by atoms with Gasteiger partial charge in [-0.25, -0.2) is 0 Å². The summed E-state index contributed by atoms with van der Waals surface area (Å²) < 4.78 is 7.86. The van der Waals surface area contributed by atoms with E-state index in [1.807, 2.05) is 35.0 Å². The highest BCUT2D eigenvalue weighted by atomic mass is 32.2. The van der Waals surface area contributed by atoms with E-state index < -0.39 is 4.92 Å². The van der Waals surface area contributed by atoms with Gasteiger partial charge < -0.3 is 15.0 Å². The number of nitrogens with one attached hydrogen (secondary N) is 2. The van der Waals surface area contributed by atoms with Crippen LogP contribution in [0.2, 0.25) is 0 Å². The number of aromatic nitrogens is 4. The van der Waals surface area contributed by atoms with Crippen LogP contribution in [-0.2, 0) is 16.1 Å². The van der Waals surface area contributed by atoms with Crippen molar-refractivity contribution in [2.45, 2.75) is 37.6 Å². The third-order valence-corrected chi connectivity index (χ3v) is 6.97. The van der Waals surface area contributed by atoms with E-state index in [1.165, 1.54) is 17.8 Å². The van der Waals surface area contributed by atoms with E-state index in [0.717, 1.165) is 35.9 Å². The lowest BCUT2D eigenvalue weighted by atomic mass is 10.1. The lowest BCUT2D eigenvalue weighted by Gasteiger charge is -2.14.